The summed E-state index contributed by atoms with van der Waals surface area (Å²) in [6, 6.07) is 0. The molecule has 0 spiro atoms. The summed E-state index contributed by atoms with van der Waals surface area (Å²) in [5, 5.41) is 0. The average Bonchev–Trinajstić information content (AvgIpc) is 2.49. The van der Waals surface area contributed by atoms with Crippen molar-refractivity contribution < 1.29 is 0 Å². The predicted octanol–water partition coefficient (Wildman–Crippen LogP) is 2.15. The van der Waals surface area contributed by atoms with Gasteiger partial charge in [-0.25, -0.2) is 0 Å². The molecule has 1 unspecified atom stereocenters. The highest BCUT2D eigenvalue weighted by atomic mass is 32.2. The summed E-state index contributed by atoms with van der Waals surface area (Å²) in [5.74, 6) is 5.23. The molecule has 2 rings (SSSR count). The van der Waals surface area contributed by atoms with E-state index >= 15 is 0 Å². The maximum absolute atomic E-state index is 2.15. The number of thioether (sulfide) groups is 1. The molecular formula is C7H12S. The molecule has 0 aromatic carbocycles. The van der Waals surface area contributed by atoms with Crippen LogP contribution < -0.4 is 0 Å². The van der Waals surface area contributed by atoms with Crippen molar-refractivity contribution in [2.75, 3.05) is 11.5 Å². The van der Waals surface area contributed by atoms with Gasteiger partial charge in [0.15, 0.2) is 0 Å². The van der Waals surface area contributed by atoms with Crippen LogP contribution in [-0.2, 0) is 0 Å². The molecule has 1 aliphatic carbocycles. The van der Waals surface area contributed by atoms with Crippen molar-refractivity contribution in [1.29, 1.82) is 0 Å². The van der Waals surface area contributed by atoms with Gasteiger partial charge in [0.05, 0.1) is 0 Å². The van der Waals surface area contributed by atoms with Crippen molar-refractivity contribution in [1.82, 2.24) is 0 Å². The van der Waals surface area contributed by atoms with E-state index in [1.807, 2.05) is 0 Å². The monoisotopic (exact) mass is 128 g/mol. The van der Waals surface area contributed by atoms with E-state index < -0.39 is 0 Å². The Morgan fingerprint density at radius 1 is 1.00 bits per heavy atom. The van der Waals surface area contributed by atoms with Gasteiger partial charge in [-0.3, -0.25) is 0 Å². The number of hydrogen-bond donors (Lipinski definition) is 0. The van der Waals surface area contributed by atoms with Crippen molar-refractivity contribution in [2.45, 2.75) is 19.3 Å². The van der Waals surface area contributed by atoms with Gasteiger partial charge in [0.1, 0.15) is 0 Å². The molecule has 1 heterocycles. The van der Waals surface area contributed by atoms with Crippen LogP contribution in [0, 0.1) is 11.8 Å². The van der Waals surface area contributed by atoms with E-state index in [4.69, 9.17) is 0 Å². The van der Waals surface area contributed by atoms with Gasteiger partial charge in [-0.05, 0) is 42.6 Å². The Balaban J connectivity index is 1.86. The lowest BCUT2D eigenvalue weighted by molar-refractivity contribution is 0.523. The zero-order valence-corrected chi connectivity index (χ0v) is 5.91. The smallest absolute Gasteiger partial charge is 0.00362 e. The van der Waals surface area contributed by atoms with E-state index in [0.717, 1.165) is 5.92 Å². The van der Waals surface area contributed by atoms with E-state index in [9.17, 15) is 0 Å². The van der Waals surface area contributed by atoms with E-state index in [1.165, 1.54) is 23.8 Å². The minimum Gasteiger partial charge on any atom is -0.162 e. The normalized spacial score (nSPS) is 38.2. The fourth-order valence-corrected chi connectivity index (χ4v) is 2.87. The quantitative estimate of drug-likeness (QED) is 0.521. The molecule has 46 valence electrons. The van der Waals surface area contributed by atoms with E-state index in [1.54, 1.807) is 12.8 Å². The molecule has 1 aliphatic heterocycles. The average molecular weight is 128 g/mol. The third kappa shape index (κ3) is 0.883. The van der Waals surface area contributed by atoms with Crippen LogP contribution in [0.2, 0.25) is 0 Å². The van der Waals surface area contributed by atoms with Gasteiger partial charge in [-0.1, -0.05) is 0 Å². The zero-order valence-electron chi connectivity index (χ0n) is 5.10. The van der Waals surface area contributed by atoms with Crippen LogP contribution in [0.5, 0.6) is 0 Å². The molecule has 1 heteroatoms. The molecule has 1 saturated carbocycles. The van der Waals surface area contributed by atoms with Crippen LogP contribution in [0.1, 0.15) is 19.3 Å². The Kier molecular flexibility index (Phi) is 1.25. The minimum atomic E-state index is 1.14. The van der Waals surface area contributed by atoms with Crippen molar-refractivity contribution in [3.63, 3.8) is 0 Å². The number of rotatable bonds is 1. The van der Waals surface area contributed by atoms with Crippen molar-refractivity contribution in [2.24, 2.45) is 11.8 Å². The van der Waals surface area contributed by atoms with Gasteiger partial charge >= 0.3 is 0 Å². The van der Waals surface area contributed by atoms with Crippen LogP contribution in [0.3, 0.4) is 0 Å². The highest BCUT2D eigenvalue weighted by molar-refractivity contribution is 7.99. The van der Waals surface area contributed by atoms with Gasteiger partial charge in [0.25, 0.3) is 0 Å². The standard InChI is InChI=1S/C7H12S/c1-2-6(1)7-3-4-8-5-7/h6-7H,1-5H2. The third-order valence-electron chi connectivity index (χ3n) is 2.25. The SMILES string of the molecule is C1CC(C2CC2)CS1. The fraction of sp³-hybridized carbons (Fsp3) is 1.00. The molecule has 0 bridgehead atoms. The highest BCUT2D eigenvalue weighted by Gasteiger charge is 2.32. The van der Waals surface area contributed by atoms with Crippen LogP contribution in [0.15, 0.2) is 0 Å². The van der Waals surface area contributed by atoms with Crippen molar-refractivity contribution in [3.8, 4) is 0 Å². The lowest BCUT2D eigenvalue weighted by Crippen LogP contribution is -1.98. The Labute approximate surface area is 55.0 Å². The van der Waals surface area contributed by atoms with Crippen LogP contribution in [0.25, 0.3) is 0 Å². The van der Waals surface area contributed by atoms with E-state index in [-0.39, 0.29) is 0 Å². The summed E-state index contributed by atoms with van der Waals surface area (Å²) in [4.78, 5) is 0. The van der Waals surface area contributed by atoms with Gasteiger partial charge < -0.3 is 0 Å². The summed E-state index contributed by atoms with van der Waals surface area (Å²) in [5.41, 5.74) is 0. The predicted molar refractivity (Wildman–Crippen MR) is 38.2 cm³/mol. The summed E-state index contributed by atoms with van der Waals surface area (Å²) >= 11 is 2.15. The molecule has 0 aromatic rings. The first kappa shape index (κ1) is 5.16. The lowest BCUT2D eigenvalue weighted by atomic mass is 10.0. The first-order valence-corrected chi connectivity index (χ1v) is 4.70. The second kappa shape index (κ2) is 1.94. The maximum Gasteiger partial charge on any atom is -0.00362 e. The second-order valence-corrected chi connectivity index (χ2v) is 4.11. The molecule has 2 fully saturated rings. The maximum atomic E-state index is 2.15. The minimum absolute atomic E-state index is 1.14. The molecule has 0 N–H and O–H groups in total. The fourth-order valence-electron chi connectivity index (χ4n) is 1.49. The van der Waals surface area contributed by atoms with Crippen LogP contribution in [-0.4, -0.2) is 11.5 Å². The Morgan fingerprint density at radius 3 is 2.38 bits per heavy atom. The van der Waals surface area contributed by atoms with Gasteiger partial charge in [0, 0.05) is 0 Å². The molecule has 8 heavy (non-hydrogen) atoms. The van der Waals surface area contributed by atoms with Crippen molar-refractivity contribution >= 4 is 11.8 Å². The summed E-state index contributed by atoms with van der Waals surface area (Å²) in [7, 11) is 0. The lowest BCUT2D eigenvalue weighted by Gasteiger charge is -2.01. The Hall–Kier alpha value is 0.350. The van der Waals surface area contributed by atoms with Crippen LogP contribution in [0.4, 0.5) is 0 Å². The van der Waals surface area contributed by atoms with Gasteiger partial charge in [-0.2, -0.15) is 11.8 Å². The van der Waals surface area contributed by atoms with E-state index in [0.29, 0.717) is 0 Å². The molecule has 0 nitrogen and oxygen atoms in total. The Morgan fingerprint density at radius 2 is 1.88 bits per heavy atom. The summed E-state index contributed by atoms with van der Waals surface area (Å²) in [6.45, 7) is 0. The van der Waals surface area contributed by atoms with Crippen LogP contribution >= 0.6 is 11.8 Å². The topological polar surface area (TPSA) is 0 Å². The summed E-state index contributed by atoms with van der Waals surface area (Å²) in [6.07, 6.45) is 4.62. The zero-order chi connectivity index (χ0) is 5.40. The first-order valence-electron chi connectivity index (χ1n) is 3.54. The molecule has 2 aliphatic rings. The molecule has 0 radical (unpaired) electrons. The third-order valence-corrected chi connectivity index (χ3v) is 3.44. The van der Waals surface area contributed by atoms with E-state index in [2.05, 4.69) is 11.8 Å². The largest absolute Gasteiger partial charge is 0.162 e. The number of hydrogen-bond acceptors (Lipinski definition) is 1. The summed E-state index contributed by atoms with van der Waals surface area (Å²) < 4.78 is 0. The first-order chi connectivity index (χ1) is 3.97. The second-order valence-electron chi connectivity index (χ2n) is 2.96. The molecule has 1 atom stereocenters. The Bertz CT molecular complexity index is 80.4. The van der Waals surface area contributed by atoms with Gasteiger partial charge in [-0.15, -0.1) is 0 Å². The highest BCUT2D eigenvalue weighted by Crippen LogP contribution is 2.43. The molecule has 1 saturated heterocycles. The molecule has 0 amide bonds. The van der Waals surface area contributed by atoms with Crippen molar-refractivity contribution in [3.05, 3.63) is 0 Å². The molecule has 0 aromatic heterocycles. The van der Waals surface area contributed by atoms with Gasteiger partial charge in [0.2, 0.25) is 0 Å². The molecular weight excluding hydrogens is 116 g/mol.